The van der Waals surface area contributed by atoms with E-state index in [9.17, 15) is 14.7 Å². The summed E-state index contributed by atoms with van der Waals surface area (Å²) in [5, 5.41) is 17.1. The highest BCUT2D eigenvalue weighted by Crippen LogP contribution is 2.31. The largest absolute Gasteiger partial charge is 0.391 e. The predicted molar refractivity (Wildman–Crippen MR) is 108 cm³/mol. The van der Waals surface area contributed by atoms with E-state index in [4.69, 9.17) is 4.52 Å². The number of hydrogen-bond donors (Lipinski definition) is 2. The van der Waals surface area contributed by atoms with Crippen molar-refractivity contribution in [2.24, 2.45) is 5.92 Å². The van der Waals surface area contributed by atoms with Crippen LogP contribution in [0, 0.1) is 12.8 Å². The normalized spacial score (nSPS) is 21.2. The van der Waals surface area contributed by atoms with Crippen LogP contribution in [0.4, 0.5) is 0 Å². The molecule has 4 atom stereocenters. The average Bonchev–Trinajstić information content (AvgIpc) is 3.28. The molecule has 0 unspecified atom stereocenters. The quantitative estimate of drug-likeness (QED) is 0.778. The first kappa shape index (κ1) is 21.0. The van der Waals surface area contributed by atoms with E-state index in [-0.39, 0.29) is 36.7 Å². The average molecular weight is 399 g/mol. The standard InChI is InChI=1S/C22H29N3O4/c1-13(2)20(19-10-14(3)24-29-19)22(28)25-12-17(26)11-18(25)21(27)23-15(4)16-8-6-5-7-9-16/h5-10,13,15,17-18,20,26H,11-12H2,1-4H3,(H,23,27)/t15-,17-,18+,20-/m1/s1. The number of carbonyl (C=O) groups excluding carboxylic acids is 2. The van der Waals surface area contributed by atoms with Gasteiger partial charge in [0.2, 0.25) is 11.8 Å². The van der Waals surface area contributed by atoms with Crippen molar-refractivity contribution in [3.05, 3.63) is 53.4 Å². The van der Waals surface area contributed by atoms with Gasteiger partial charge in [-0.1, -0.05) is 49.3 Å². The van der Waals surface area contributed by atoms with Gasteiger partial charge in [-0.2, -0.15) is 0 Å². The molecule has 7 nitrogen and oxygen atoms in total. The number of nitrogens with zero attached hydrogens (tertiary/aromatic N) is 2. The summed E-state index contributed by atoms with van der Waals surface area (Å²) in [7, 11) is 0. The second-order valence-corrected chi connectivity index (χ2v) is 8.13. The van der Waals surface area contributed by atoms with E-state index >= 15 is 0 Å². The van der Waals surface area contributed by atoms with Crippen LogP contribution in [0.25, 0.3) is 0 Å². The van der Waals surface area contributed by atoms with E-state index in [1.165, 1.54) is 4.90 Å². The van der Waals surface area contributed by atoms with Crippen molar-refractivity contribution >= 4 is 11.8 Å². The van der Waals surface area contributed by atoms with Gasteiger partial charge in [0.15, 0.2) is 0 Å². The molecule has 2 aromatic rings. The second kappa shape index (κ2) is 8.78. The molecule has 0 aliphatic carbocycles. The van der Waals surface area contributed by atoms with Gasteiger partial charge in [0.05, 0.1) is 17.8 Å². The SMILES string of the molecule is Cc1cc([C@H](C(=O)N2C[C@H](O)C[C@H]2C(=O)N[C@H](C)c2ccccc2)C(C)C)on1. The molecule has 1 aliphatic rings. The molecule has 2 N–H and O–H groups in total. The maximum atomic E-state index is 13.4. The zero-order chi connectivity index (χ0) is 21.1. The highest BCUT2D eigenvalue weighted by molar-refractivity contribution is 5.91. The molecule has 0 saturated carbocycles. The highest BCUT2D eigenvalue weighted by Gasteiger charge is 2.43. The molecule has 0 spiro atoms. The van der Waals surface area contributed by atoms with Crippen LogP contribution in [-0.4, -0.2) is 45.7 Å². The lowest BCUT2D eigenvalue weighted by Gasteiger charge is -2.29. The molecule has 2 amide bonds. The molecular formula is C22H29N3O4. The summed E-state index contributed by atoms with van der Waals surface area (Å²) >= 11 is 0. The fraction of sp³-hybridized carbons (Fsp3) is 0.500. The van der Waals surface area contributed by atoms with Crippen molar-refractivity contribution in [1.29, 1.82) is 0 Å². The van der Waals surface area contributed by atoms with Crippen LogP contribution in [0.15, 0.2) is 40.9 Å². The molecule has 7 heteroatoms. The monoisotopic (exact) mass is 399 g/mol. The summed E-state index contributed by atoms with van der Waals surface area (Å²) in [5.74, 6) is -0.591. The van der Waals surface area contributed by atoms with Gasteiger partial charge >= 0.3 is 0 Å². The minimum absolute atomic E-state index is 0.0421. The van der Waals surface area contributed by atoms with Crippen LogP contribution in [0.3, 0.4) is 0 Å². The third kappa shape index (κ3) is 4.67. The van der Waals surface area contributed by atoms with Crippen LogP contribution in [0.2, 0.25) is 0 Å². The number of β-amino-alcohol motifs (C(OH)–C–C–N with tert-alkyl or cyclic N) is 1. The Balaban J connectivity index is 1.78. The van der Waals surface area contributed by atoms with Crippen molar-refractivity contribution in [3.8, 4) is 0 Å². The van der Waals surface area contributed by atoms with Crippen molar-refractivity contribution in [2.45, 2.75) is 58.2 Å². The first-order valence-electron chi connectivity index (χ1n) is 10.0. The predicted octanol–water partition coefficient (Wildman–Crippen LogP) is 2.56. The van der Waals surface area contributed by atoms with Crippen LogP contribution in [-0.2, 0) is 9.59 Å². The Bertz CT molecular complexity index is 849. The molecule has 3 rings (SSSR count). The lowest BCUT2D eigenvalue weighted by molar-refractivity contribution is -0.141. The highest BCUT2D eigenvalue weighted by atomic mass is 16.5. The van der Waals surface area contributed by atoms with Gasteiger partial charge in [0.25, 0.3) is 0 Å². The van der Waals surface area contributed by atoms with Gasteiger partial charge in [-0.15, -0.1) is 0 Å². The minimum atomic E-state index is -0.731. The van der Waals surface area contributed by atoms with Gasteiger partial charge in [-0.05, 0) is 25.3 Å². The number of rotatable bonds is 6. The number of aromatic nitrogens is 1. The Morgan fingerprint density at radius 2 is 1.93 bits per heavy atom. The number of carbonyl (C=O) groups is 2. The molecule has 2 heterocycles. The van der Waals surface area contributed by atoms with E-state index in [1.54, 1.807) is 13.0 Å². The molecule has 1 aliphatic heterocycles. The van der Waals surface area contributed by atoms with E-state index < -0.39 is 18.1 Å². The van der Waals surface area contributed by atoms with Crippen molar-refractivity contribution < 1.29 is 19.2 Å². The minimum Gasteiger partial charge on any atom is -0.391 e. The lowest BCUT2D eigenvalue weighted by atomic mass is 9.91. The molecule has 1 aromatic carbocycles. The number of nitrogens with one attached hydrogen (secondary N) is 1. The molecule has 29 heavy (non-hydrogen) atoms. The van der Waals surface area contributed by atoms with E-state index in [0.717, 1.165) is 5.56 Å². The van der Waals surface area contributed by atoms with Gasteiger partial charge in [-0.3, -0.25) is 9.59 Å². The third-order valence-corrected chi connectivity index (χ3v) is 5.41. The number of benzene rings is 1. The van der Waals surface area contributed by atoms with Crippen molar-refractivity contribution in [1.82, 2.24) is 15.4 Å². The number of aliphatic hydroxyl groups excluding tert-OH is 1. The topological polar surface area (TPSA) is 95.7 Å². The second-order valence-electron chi connectivity index (χ2n) is 8.13. The van der Waals surface area contributed by atoms with Gasteiger partial charge < -0.3 is 19.8 Å². The first-order valence-corrected chi connectivity index (χ1v) is 10.0. The van der Waals surface area contributed by atoms with E-state index in [1.807, 2.05) is 51.1 Å². The smallest absolute Gasteiger partial charge is 0.243 e. The maximum Gasteiger partial charge on any atom is 0.243 e. The summed E-state index contributed by atoms with van der Waals surface area (Å²) in [6.45, 7) is 7.70. The zero-order valence-electron chi connectivity index (χ0n) is 17.3. The number of likely N-dealkylation sites (tertiary alicyclic amines) is 1. The fourth-order valence-corrected chi connectivity index (χ4v) is 3.88. The molecule has 0 radical (unpaired) electrons. The number of hydrogen-bond acceptors (Lipinski definition) is 5. The number of aliphatic hydroxyl groups is 1. The van der Waals surface area contributed by atoms with E-state index in [2.05, 4.69) is 10.5 Å². The third-order valence-electron chi connectivity index (χ3n) is 5.41. The summed E-state index contributed by atoms with van der Waals surface area (Å²) < 4.78 is 5.35. The first-order chi connectivity index (χ1) is 13.8. The van der Waals surface area contributed by atoms with E-state index in [0.29, 0.717) is 11.5 Å². The Labute approximate surface area is 171 Å². The van der Waals surface area contributed by atoms with Crippen molar-refractivity contribution in [2.75, 3.05) is 6.54 Å². The van der Waals surface area contributed by atoms with Crippen LogP contribution >= 0.6 is 0 Å². The number of aryl methyl sites for hydroxylation is 1. The Morgan fingerprint density at radius 1 is 1.24 bits per heavy atom. The zero-order valence-corrected chi connectivity index (χ0v) is 17.3. The van der Waals surface area contributed by atoms with Gasteiger partial charge in [0, 0.05) is 19.0 Å². The molecule has 1 saturated heterocycles. The van der Waals surface area contributed by atoms with Crippen LogP contribution in [0.5, 0.6) is 0 Å². The molecule has 1 fully saturated rings. The molecule has 156 valence electrons. The van der Waals surface area contributed by atoms with Crippen LogP contribution in [0.1, 0.15) is 56.2 Å². The summed E-state index contributed by atoms with van der Waals surface area (Å²) in [5.41, 5.74) is 1.68. The fourth-order valence-electron chi connectivity index (χ4n) is 3.88. The van der Waals surface area contributed by atoms with Gasteiger partial charge in [-0.25, -0.2) is 0 Å². The summed E-state index contributed by atoms with van der Waals surface area (Å²) in [4.78, 5) is 27.8. The lowest BCUT2D eigenvalue weighted by Crippen LogP contribution is -2.48. The summed E-state index contributed by atoms with van der Waals surface area (Å²) in [6.07, 6.45) is -0.509. The Kier molecular flexibility index (Phi) is 6.37. The van der Waals surface area contributed by atoms with Gasteiger partial charge in [0.1, 0.15) is 17.7 Å². The van der Waals surface area contributed by atoms with Crippen molar-refractivity contribution in [3.63, 3.8) is 0 Å². The summed E-state index contributed by atoms with van der Waals surface area (Å²) in [6, 6.07) is 10.5. The Morgan fingerprint density at radius 3 is 2.52 bits per heavy atom. The maximum absolute atomic E-state index is 13.4. The molecule has 0 bridgehead atoms. The van der Waals surface area contributed by atoms with Crippen LogP contribution < -0.4 is 5.32 Å². The number of amides is 2. The molecule has 1 aromatic heterocycles. The Hall–Kier alpha value is -2.67. The molecular weight excluding hydrogens is 370 g/mol.